The van der Waals surface area contributed by atoms with Gasteiger partial charge < -0.3 is 0 Å². The highest BCUT2D eigenvalue weighted by atomic mass is 35.5. The first-order chi connectivity index (χ1) is 6.29. The van der Waals surface area contributed by atoms with E-state index in [-0.39, 0.29) is 0 Å². The van der Waals surface area contributed by atoms with Crippen molar-refractivity contribution in [3.05, 3.63) is 23.2 Å². The van der Waals surface area contributed by atoms with Gasteiger partial charge in [-0.2, -0.15) is 0 Å². The zero-order valence-corrected chi connectivity index (χ0v) is 7.89. The van der Waals surface area contributed by atoms with Crippen LogP contribution in [0.4, 0.5) is 5.13 Å². The van der Waals surface area contributed by atoms with E-state index in [1.807, 2.05) is 0 Å². The molecular weight excluding hydrogens is 208 g/mol. The van der Waals surface area contributed by atoms with Crippen molar-refractivity contribution in [2.45, 2.75) is 0 Å². The number of thiazole rings is 1. The first-order valence-electron chi connectivity index (χ1n) is 3.43. The predicted molar refractivity (Wildman–Crippen MR) is 52.4 cm³/mol. The van der Waals surface area contributed by atoms with Gasteiger partial charge in [-0.3, -0.25) is 0 Å². The Bertz CT molecular complexity index is 502. The zero-order valence-electron chi connectivity index (χ0n) is 6.32. The first-order valence-corrected chi connectivity index (χ1v) is 4.63. The van der Waals surface area contributed by atoms with Gasteiger partial charge in [-0.15, -0.1) is 4.99 Å². The number of carbonyl (C=O) groups excluding carboxylic acids is 1. The third-order valence-electron chi connectivity index (χ3n) is 1.48. The number of isocyanates is 1. The molecule has 0 unspecified atom stereocenters. The van der Waals surface area contributed by atoms with Crippen LogP contribution in [0.1, 0.15) is 0 Å². The molecule has 0 aliphatic rings. The second-order valence-corrected chi connectivity index (χ2v) is 3.76. The summed E-state index contributed by atoms with van der Waals surface area (Å²) in [5.41, 5.74) is 0.795. The second-order valence-electron chi connectivity index (χ2n) is 2.31. The Morgan fingerprint density at radius 1 is 1.54 bits per heavy atom. The molecule has 0 saturated heterocycles. The van der Waals surface area contributed by atoms with Crippen LogP contribution in [0.15, 0.2) is 23.2 Å². The SMILES string of the molecule is O=C=Nc1nc2ccc(Cl)cc2s1. The topological polar surface area (TPSA) is 42.3 Å². The maximum atomic E-state index is 9.97. The van der Waals surface area contributed by atoms with Gasteiger partial charge in [-0.1, -0.05) is 22.9 Å². The Hall–Kier alpha value is -1.22. The van der Waals surface area contributed by atoms with Gasteiger partial charge in [0.15, 0.2) is 0 Å². The first kappa shape index (κ1) is 8.38. The van der Waals surface area contributed by atoms with Crippen LogP contribution in [0.5, 0.6) is 0 Å². The lowest BCUT2D eigenvalue weighted by atomic mass is 10.3. The van der Waals surface area contributed by atoms with Crippen LogP contribution >= 0.6 is 22.9 Å². The van der Waals surface area contributed by atoms with E-state index in [1.165, 1.54) is 17.4 Å². The van der Waals surface area contributed by atoms with Crippen molar-refractivity contribution in [1.82, 2.24) is 4.98 Å². The second kappa shape index (κ2) is 3.26. The molecule has 1 aromatic carbocycles. The van der Waals surface area contributed by atoms with E-state index in [4.69, 9.17) is 11.6 Å². The third-order valence-corrected chi connectivity index (χ3v) is 2.63. The average molecular weight is 211 g/mol. The highest BCUT2D eigenvalue weighted by molar-refractivity contribution is 7.22. The standard InChI is InChI=1S/C8H3ClN2OS/c9-5-1-2-6-7(3-5)13-8(11-6)10-4-12/h1-3H. The Morgan fingerprint density at radius 3 is 3.15 bits per heavy atom. The van der Waals surface area contributed by atoms with E-state index in [0.717, 1.165) is 10.2 Å². The smallest absolute Gasteiger partial charge is 0.218 e. The number of nitrogens with zero attached hydrogens (tertiary/aromatic N) is 2. The van der Waals surface area contributed by atoms with Gasteiger partial charge in [0, 0.05) is 5.02 Å². The van der Waals surface area contributed by atoms with Crippen molar-refractivity contribution in [1.29, 1.82) is 0 Å². The van der Waals surface area contributed by atoms with Crippen molar-refractivity contribution >= 4 is 44.4 Å². The van der Waals surface area contributed by atoms with Gasteiger partial charge >= 0.3 is 0 Å². The molecule has 13 heavy (non-hydrogen) atoms. The molecule has 1 heterocycles. The summed E-state index contributed by atoms with van der Waals surface area (Å²) in [6.45, 7) is 0. The lowest BCUT2D eigenvalue weighted by molar-refractivity contribution is 0.565. The Kier molecular flexibility index (Phi) is 2.10. The molecule has 0 atom stereocenters. The molecule has 0 N–H and O–H groups in total. The van der Waals surface area contributed by atoms with Crippen molar-refractivity contribution in [3.63, 3.8) is 0 Å². The summed E-state index contributed by atoms with van der Waals surface area (Å²) in [7, 11) is 0. The van der Waals surface area contributed by atoms with Crippen LogP contribution in [-0.2, 0) is 4.79 Å². The summed E-state index contributed by atoms with van der Waals surface area (Å²) in [6, 6.07) is 5.33. The molecule has 1 aromatic heterocycles. The van der Waals surface area contributed by atoms with E-state index in [0.29, 0.717) is 10.2 Å². The third kappa shape index (κ3) is 1.60. The van der Waals surface area contributed by atoms with Gasteiger partial charge in [0.05, 0.1) is 10.2 Å². The zero-order chi connectivity index (χ0) is 9.26. The Labute approximate surface area is 82.7 Å². The number of hydrogen-bond acceptors (Lipinski definition) is 4. The molecule has 0 aliphatic carbocycles. The number of benzene rings is 1. The van der Waals surface area contributed by atoms with Gasteiger partial charge in [0.25, 0.3) is 0 Å². The fourth-order valence-corrected chi connectivity index (χ4v) is 2.04. The number of halogens is 1. The Balaban J connectivity index is 2.68. The minimum atomic E-state index is 0.410. The molecule has 5 heteroatoms. The van der Waals surface area contributed by atoms with Crippen LogP contribution in [-0.4, -0.2) is 11.1 Å². The van der Waals surface area contributed by atoms with Gasteiger partial charge in [0.1, 0.15) is 0 Å². The highest BCUT2D eigenvalue weighted by Crippen LogP contribution is 2.29. The van der Waals surface area contributed by atoms with Crippen LogP contribution in [0, 0.1) is 0 Å². The average Bonchev–Trinajstić information content (AvgIpc) is 2.46. The van der Waals surface area contributed by atoms with Gasteiger partial charge in [-0.25, -0.2) is 9.78 Å². The normalized spacial score (nSPS) is 9.92. The molecule has 0 amide bonds. The summed E-state index contributed by atoms with van der Waals surface area (Å²) in [5, 5.41) is 1.06. The summed E-state index contributed by atoms with van der Waals surface area (Å²) >= 11 is 7.09. The lowest BCUT2D eigenvalue weighted by Crippen LogP contribution is -1.66. The molecule has 0 fully saturated rings. The largest absolute Gasteiger partial charge is 0.242 e. The number of aromatic nitrogens is 1. The fourth-order valence-electron chi connectivity index (χ4n) is 0.973. The lowest BCUT2D eigenvalue weighted by Gasteiger charge is -1.86. The highest BCUT2D eigenvalue weighted by Gasteiger charge is 2.02. The number of fused-ring (bicyclic) bond motifs is 1. The summed E-state index contributed by atoms with van der Waals surface area (Å²) in [4.78, 5) is 17.5. The number of rotatable bonds is 1. The monoisotopic (exact) mass is 210 g/mol. The molecule has 0 radical (unpaired) electrons. The molecular formula is C8H3ClN2OS. The maximum Gasteiger partial charge on any atom is 0.242 e. The predicted octanol–water partition coefficient (Wildman–Crippen LogP) is 2.92. The van der Waals surface area contributed by atoms with Gasteiger partial charge in [-0.05, 0) is 18.2 Å². The van der Waals surface area contributed by atoms with Crippen LogP contribution in [0.3, 0.4) is 0 Å². The molecule has 0 bridgehead atoms. The Morgan fingerprint density at radius 2 is 2.38 bits per heavy atom. The molecule has 2 rings (SSSR count). The summed E-state index contributed by atoms with van der Waals surface area (Å²) in [5.74, 6) is 0. The van der Waals surface area contributed by atoms with Crippen molar-refractivity contribution < 1.29 is 4.79 Å². The molecule has 0 spiro atoms. The molecule has 2 aromatic rings. The molecule has 0 aliphatic heterocycles. The minimum Gasteiger partial charge on any atom is -0.218 e. The van der Waals surface area contributed by atoms with E-state index in [2.05, 4.69) is 9.98 Å². The number of hydrogen-bond donors (Lipinski definition) is 0. The minimum absolute atomic E-state index is 0.410. The fraction of sp³-hybridized carbons (Fsp3) is 0. The van der Waals surface area contributed by atoms with Crippen LogP contribution in [0.25, 0.3) is 10.2 Å². The molecule has 3 nitrogen and oxygen atoms in total. The van der Waals surface area contributed by atoms with E-state index < -0.39 is 0 Å². The van der Waals surface area contributed by atoms with Crippen LogP contribution < -0.4 is 0 Å². The van der Waals surface area contributed by atoms with Crippen LogP contribution in [0.2, 0.25) is 5.02 Å². The van der Waals surface area contributed by atoms with Gasteiger partial charge in [0.2, 0.25) is 11.2 Å². The molecule has 0 saturated carbocycles. The van der Waals surface area contributed by atoms with E-state index in [1.54, 1.807) is 18.2 Å². The van der Waals surface area contributed by atoms with E-state index in [9.17, 15) is 4.79 Å². The van der Waals surface area contributed by atoms with Crippen molar-refractivity contribution in [3.8, 4) is 0 Å². The molecule has 64 valence electrons. The summed E-state index contributed by atoms with van der Waals surface area (Å²) in [6.07, 6.45) is 1.45. The summed E-state index contributed by atoms with van der Waals surface area (Å²) < 4.78 is 0.918. The quantitative estimate of drug-likeness (QED) is 0.537. The van der Waals surface area contributed by atoms with E-state index >= 15 is 0 Å². The van der Waals surface area contributed by atoms with Crippen molar-refractivity contribution in [2.75, 3.05) is 0 Å². The maximum absolute atomic E-state index is 9.97. The van der Waals surface area contributed by atoms with Crippen molar-refractivity contribution in [2.24, 2.45) is 4.99 Å². The number of aliphatic imine (C=N–C) groups is 1.